The SMILES string of the molecule is CC(C)CCC(C)NCc1csc(=O)[nH]1. The van der Waals surface area contributed by atoms with Crippen molar-refractivity contribution in [1.82, 2.24) is 10.3 Å². The van der Waals surface area contributed by atoms with E-state index >= 15 is 0 Å². The van der Waals surface area contributed by atoms with Crippen molar-refractivity contribution in [3.63, 3.8) is 0 Å². The molecule has 2 N–H and O–H groups in total. The van der Waals surface area contributed by atoms with E-state index in [1.54, 1.807) is 0 Å². The van der Waals surface area contributed by atoms with Crippen LogP contribution in [-0.2, 0) is 6.54 Å². The Morgan fingerprint density at radius 2 is 2.13 bits per heavy atom. The van der Waals surface area contributed by atoms with E-state index in [0.29, 0.717) is 6.04 Å². The van der Waals surface area contributed by atoms with Gasteiger partial charge in [-0.15, -0.1) is 0 Å². The molecule has 0 amide bonds. The van der Waals surface area contributed by atoms with Crippen molar-refractivity contribution in [3.8, 4) is 0 Å². The van der Waals surface area contributed by atoms with Gasteiger partial charge in [0, 0.05) is 23.7 Å². The van der Waals surface area contributed by atoms with Crippen LogP contribution in [0.25, 0.3) is 0 Å². The highest BCUT2D eigenvalue weighted by Gasteiger charge is 2.04. The van der Waals surface area contributed by atoms with Crippen LogP contribution in [0.1, 0.15) is 39.3 Å². The molecular weight excluding hydrogens is 208 g/mol. The van der Waals surface area contributed by atoms with E-state index in [9.17, 15) is 4.79 Å². The third-order valence-corrected chi connectivity index (χ3v) is 3.11. The highest BCUT2D eigenvalue weighted by molar-refractivity contribution is 7.07. The second kappa shape index (κ2) is 6.08. The Labute approximate surface area is 94.9 Å². The number of H-pyrrole nitrogens is 1. The number of aromatic amines is 1. The molecule has 4 heteroatoms. The molecule has 1 unspecified atom stereocenters. The molecule has 1 aromatic rings. The van der Waals surface area contributed by atoms with Crippen LogP contribution in [0.4, 0.5) is 0 Å². The molecule has 0 aromatic carbocycles. The summed E-state index contributed by atoms with van der Waals surface area (Å²) in [7, 11) is 0. The quantitative estimate of drug-likeness (QED) is 0.785. The standard InChI is InChI=1S/C11H20N2OS/c1-8(2)4-5-9(3)12-6-10-7-15-11(14)13-10/h7-9,12H,4-6H2,1-3H3,(H,13,14). The fraction of sp³-hybridized carbons (Fsp3) is 0.727. The zero-order valence-corrected chi connectivity index (χ0v) is 10.5. The summed E-state index contributed by atoms with van der Waals surface area (Å²) in [5.41, 5.74) is 0.987. The minimum atomic E-state index is 0.0293. The number of rotatable bonds is 6. The molecule has 3 nitrogen and oxygen atoms in total. The number of hydrogen-bond acceptors (Lipinski definition) is 3. The second-order valence-corrected chi connectivity index (χ2v) is 5.27. The highest BCUT2D eigenvalue weighted by Crippen LogP contribution is 2.06. The van der Waals surface area contributed by atoms with Crippen LogP contribution < -0.4 is 10.2 Å². The molecule has 86 valence electrons. The first-order valence-corrected chi connectivity index (χ1v) is 6.36. The van der Waals surface area contributed by atoms with Crippen molar-refractivity contribution in [3.05, 3.63) is 20.7 Å². The van der Waals surface area contributed by atoms with Crippen LogP contribution in [-0.4, -0.2) is 11.0 Å². The molecule has 0 bridgehead atoms. The second-order valence-electron chi connectivity index (χ2n) is 4.43. The summed E-state index contributed by atoms with van der Waals surface area (Å²) < 4.78 is 0. The van der Waals surface area contributed by atoms with Gasteiger partial charge in [0.2, 0.25) is 0 Å². The molecular formula is C11H20N2OS. The molecule has 0 saturated carbocycles. The van der Waals surface area contributed by atoms with Gasteiger partial charge in [0.1, 0.15) is 0 Å². The zero-order valence-electron chi connectivity index (χ0n) is 9.67. The van der Waals surface area contributed by atoms with Gasteiger partial charge in [0.15, 0.2) is 0 Å². The van der Waals surface area contributed by atoms with E-state index in [2.05, 4.69) is 31.1 Å². The molecule has 1 heterocycles. The van der Waals surface area contributed by atoms with E-state index in [4.69, 9.17) is 0 Å². The molecule has 0 radical (unpaired) electrons. The zero-order chi connectivity index (χ0) is 11.3. The monoisotopic (exact) mass is 228 g/mol. The average molecular weight is 228 g/mol. The fourth-order valence-electron chi connectivity index (χ4n) is 1.37. The molecule has 15 heavy (non-hydrogen) atoms. The molecule has 1 aromatic heterocycles. The first-order chi connectivity index (χ1) is 7.08. The summed E-state index contributed by atoms with van der Waals surface area (Å²) in [6.07, 6.45) is 2.43. The average Bonchev–Trinajstić information content (AvgIpc) is 2.58. The van der Waals surface area contributed by atoms with Gasteiger partial charge in [0.05, 0.1) is 0 Å². The first kappa shape index (κ1) is 12.5. The van der Waals surface area contributed by atoms with Gasteiger partial charge < -0.3 is 10.3 Å². The number of thiazole rings is 1. The Bertz CT molecular complexity index is 329. The topological polar surface area (TPSA) is 44.9 Å². The van der Waals surface area contributed by atoms with Gasteiger partial charge in [0.25, 0.3) is 0 Å². The summed E-state index contributed by atoms with van der Waals surface area (Å²) in [5, 5.41) is 5.28. The smallest absolute Gasteiger partial charge is 0.304 e. The maximum absolute atomic E-state index is 10.9. The summed E-state index contributed by atoms with van der Waals surface area (Å²) in [5.74, 6) is 0.759. The van der Waals surface area contributed by atoms with E-state index in [1.165, 1.54) is 24.2 Å². The Morgan fingerprint density at radius 3 is 2.67 bits per heavy atom. The molecule has 0 saturated heterocycles. The summed E-state index contributed by atoms with van der Waals surface area (Å²) >= 11 is 1.22. The van der Waals surface area contributed by atoms with Gasteiger partial charge in [-0.05, 0) is 25.7 Å². The molecule has 1 atom stereocenters. The molecule has 0 fully saturated rings. The molecule has 0 spiro atoms. The normalized spacial score (nSPS) is 13.3. The van der Waals surface area contributed by atoms with Gasteiger partial charge in [-0.1, -0.05) is 25.2 Å². The maximum atomic E-state index is 10.9. The van der Waals surface area contributed by atoms with Crippen molar-refractivity contribution in [2.75, 3.05) is 0 Å². The van der Waals surface area contributed by atoms with Crippen molar-refractivity contribution in [2.45, 2.75) is 46.2 Å². The van der Waals surface area contributed by atoms with Crippen LogP contribution in [0.2, 0.25) is 0 Å². The molecule has 0 aliphatic heterocycles. The van der Waals surface area contributed by atoms with Gasteiger partial charge in [-0.3, -0.25) is 4.79 Å². The summed E-state index contributed by atoms with van der Waals surface area (Å²) in [6, 6.07) is 0.510. The first-order valence-electron chi connectivity index (χ1n) is 5.48. The van der Waals surface area contributed by atoms with E-state index < -0.39 is 0 Å². The predicted molar refractivity (Wildman–Crippen MR) is 65.3 cm³/mol. The lowest BCUT2D eigenvalue weighted by atomic mass is 10.0. The van der Waals surface area contributed by atoms with E-state index in [1.807, 2.05) is 5.38 Å². The number of hydrogen-bond donors (Lipinski definition) is 2. The lowest BCUT2D eigenvalue weighted by molar-refractivity contribution is 0.449. The van der Waals surface area contributed by atoms with Crippen molar-refractivity contribution in [1.29, 1.82) is 0 Å². The largest absolute Gasteiger partial charge is 0.315 e. The highest BCUT2D eigenvalue weighted by atomic mass is 32.1. The lowest BCUT2D eigenvalue weighted by Crippen LogP contribution is -2.26. The van der Waals surface area contributed by atoms with E-state index in [-0.39, 0.29) is 4.87 Å². The third kappa shape index (κ3) is 5.14. The fourth-order valence-corrected chi connectivity index (χ4v) is 1.95. The maximum Gasteiger partial charge on any atom is 0.304 e. The number of aromatic nitrogens is 1. The third-order valence-electron chi connectivity index (χ3n) is 2.39. The summed E-state index contributed by atoms with van der Waals surface area (Å²) in [4.78, 5) is 13.7. The van der Waals surface area contributed by atoms with Crippen molar-refractivity contribution >= 4 is 11.3 Å². The molecule has 0 aliphatic rings. The number of nitrogens with one attached hydrogen (secondary N) is 2. The van der Waals surface area contributed by atoms with Gasteiger partial charge >= 0.3 is 4.87 Å². The van der Waals surface area contributed by atoms with Gasteiger partial charge in [-0.25, -0.2) is 0 Å². The minimum Gasteiger partial charge on any atom is -0.315 e. The van der Waals surface area contributed by atoms with Gasteiger partial charge in [-0.2, -0.15) is 0 Å². The Morgan fingerprint density at radius 1 is 1.40 bits per heavy atom. The predicted octanol–water partition coefficient (Wildman–Crippen LogP) is 2.35. The molecule has 1 rings (SSSR count). The van der Waals surface area contributed by atoms with Crippen LogP contribution >= 0.6 is 11.3 Å². The lowest BCUT2D eigenvalue weighted by Gasteiger charge is -2.14. The van der Waals surface area contributed by atoms with Crippen LogP contribution in [0, 0.1) is 5.92 Å². The molecule has 0 aliphatic carbocycles. The van der Waals surface area contributed by atoms with E-state index in [0.717, 1.165) is 18.2 Å². The van der Waals surface area contributed by atoms with Crippen LogP contribution in [0.15, 0.2) is 10.2 Å². The Hall–Kier alpha value is -0.610. The van der Waals surface area contributed by atoms with Crippen LogP contribution in [0.5, 0.6) is 0 Å². The Balaban J connectivity index is 2.22. The Kier molecular flexibility index (Phi) is 5.05. The summed E-state index contributed by atoms with van der Waals surface area (Å²) in [6.45, 7) is 7.43. The van der Waals surface area contributed by atoms with Crippen LogP contribution in [0.3, 0.4) is 0 Å². The van der Waals surface area contributed by atoms with Crippen molar-refractivity contribution in [2.24, 2.45) is 5.92 Å². The minimum absolute atomic E-state index is 0.0293. The van der Waals surface area contributed by atoms with Crippen molar-refractivity contribution < 1.29 is 0 Å².